The van der Waals surface area contributed by atoms with Gasteiger partial charge in [0.25, 0.3) is 0 Å². The first-order chi connectivity index (χ1) is 9.83. The van der Waals surface area contributed by atoms with E-state index in [9.17, 15) is 4.39 Å². The summed E-state index contributed by atoms with van der Waals surface area (Å²) in [4.78, 5) is 2.42. The summed E-state index contributed by atoms with van der Waals surface area (Å²) in [5.41, 5.74) is 2.19. The summed E-state index contributed by atoms with van der Waals surface area (Å²) in [6.45, 7) is 1.80. The number of hydrogen-bond acceptors (Lipinski definition) is 1. The molecule has 1 fully saturated rings. The van der Waals surface area contributed by atoms with Gasteiger partial charge in [-0.2, -0.15) is 0 Å². The Morgan fingerprint density at radius 3 is 2.55 bits per heavy atom. The quantitative estimate of drug-likeness (QED) is 0.810. The molecule has 0 spiro atoms. The molecule has 0 aromatic heterocycles. The molecule has 3 rings (SSSR count). The van der Waals surface area contributed by atoms with Crippen LogP contribution in [-0.4, -0.2) is 17.5 Å². The lowest BCUT2D eigenvalue weighted by Gasteiger charge is -2.24. The fourth-order valence-corrected chi connectivity index (χ4v) is 3.07. The van der Waals surface area contributed by atoms with Crippen LogP contribution in [0, 0.1) is 5.82 Å². The summed E-state index contributed by atoms with van der Waals surface area (Å²) in [6, 6.07) is 18.2. The molecule has 0 radical (unpaired) electrons. The summed E-state index contributed by atoms with van der Waals surface area (Å²) in [7, 11) is 0. The van der Waals surface area contributed by atoms with E-state index in [0.29, 0.717) is 6.04 Å². The van der Waals surface area contributed by atoms with Crippen LogP contribution in [0.2, 0.25) is 0 Å². The van der Waals surface area contributed by atoms with E-state index in [-0.39, 0.29) is 5.82 Å². The van der Waals surface area contributed by atoms with Gasteiger partial charge >= 0.3 is 0 Å². The third-order valence-electron chi connectivity index (χ3n) is 4.14. The monoisotopic (exact) mass is 269 g/mol. The molecule has 0 unspecified atom stereocenters. The highest BCUT2D eigenvalue weighted by molar-refractivity contribution is 5.19. The van der Waals surface area contributed by atoms with Crippen molar-refractivity contribution in [3.63, 3.8) is 0 Å². The van der Waals surface area contributed by atoms with Crippen molar-refractivity contribution >= 4 is 0 Å². The van der Waals surface area contributed by atoms with Gasteiger partial charge in [0.05, 0.1) is 0 Å². The number of benzene rings is 2. The van der Waals surface area contributed by atoms with Crippen LogP contribution >= 0.6 is 0 Å². The van der Waals surface area contributed by atoms with Crippen molar-refractivity contribution in [3.05, 3.63) is 71.5 Å². The molecule has 0 N–H and O–H groups in total. The van der Waals surface area contributed by atoms with Gasteiger partial charge in [-0.1, -0.05) is 48.5 Å². The second-order valence-corrected chi connectivity index (χ2v) is 5.55. The molecule has 2 aromatic carbocycles. The molecule has 1 saturated heterocycles. The van der Waals surface area contributed by atoms with Gasteiger partial charge in [-0.25, -0.2) is 4.39 Å². The standard InChI is InChI=1S/C18H20FN/c19-18-11-5-4-9-16(18)14-20-12-6-10-17(20)13-15-7-2-1-3-8-15/h1-5,7-9,11,17H,6,10,12-14H2/t17-/m1/s1. The molecule has 1 heterocycles. The molecule has 0 amide bonds. The molecule has 0 aliphatic carbocycles. The number of rotatable bonds is 4. The Morgan fingerprint density at radius 1 is 1.00 bits per heavy atom. The average molecular weight is 269 g/mol. The topological polar surface area (TPSA) is 3.24 Å². The zero-order valence-electron chi connectivity index (χ0n) is 11.6. The zero-order valence-corrected chi connectivity index (χ0v) is 11.6. The lowest BCUT2D eigenvalue weighted by molar-refractivity contribution is 0.241. The van der Waals surface area contributed by atoms with E-state index in [0.717, 1.165) is 25.1 Å². The Balaban J connectivity index is 1.68. The van der Waals surface area contributed by atoms with Gasteiger partial charge in [-0.05, 0) is 37.4 Å². The van der Waals surface area contributed by atoms with Gasteiger partial charge in [0, 0.05) is 18.2 Å². The highest BCUT2D eigenvalue weighted by Crippen LogP contribution is 2.24. The van der Waals surface area contributed by atoms with Crippen LogP contribution < -0.4 is 0 Å². The summed E-state index contributed by atoms with van der Waals surface area (Å²) in [5, 5.41) is 0. The van der Waals surface area contributed by atoms with Crippen molar-refractivity contribution in [2.45, 2.75) is 31.8 Å². The number of nitrogens with zero attached hydrogens (tertiary/aromatic N) is 1. The van der Waals surface area contributed by atoms with Crippen molar-refractivity contribution in [2.24, 2.45) is 0 Å². The molecule has 1 atom stereocenters. The molecule has 104 valence electrons. The maximum absolute atomic E-state index is 13.8. The van der Waals surface area contributed by atoms with Gasteiger partial charge in [-0.3, -0.25) is 4.90 Å². The second kappa shape index (κ2) is 6.19. The molecule has 2 aromatic rings. The predicted molar refractivity (Wildman–Crippen MR) is 80.0 cm³/mol. The van der Waals surface area contributed by atoms with Crippen molar-refractivity contribution in [1.29, 1.82) is 0 Å². The molecule has 1 nitrogen and oxygen atoms in total. The smallest absolute Gasteiger partial charge is 0.127 e. The fourth-order valence-electron chi connectivity index (χ4n) is 3.07. The van der Waals surface area contributed by atoms with Gasteiger partial charge in [-0.15, -0.1) is 0 Å². The average Bonchev–Trinajstić information content (AvgIpc) is 2.90. The van der Waals surface area contributed by atoms with E-state index < -0.39 is 0 Å². The van der Waals surface area contributed by atoms with Gasteiger partial charge in [0.2, 0.25) is 0 Å². The van der Waals surface area contributed by atoms with Gasteiger partial charge < -0.3 is 0 Å². The summed E-state index contributed by atoms with van der Waals surface area (Å²) >= 11 is 0. The van der Waals surface area contributed by atoms with Crippen LogP contribution in [0.3, 0.4) is 0 Å². The van der Waals surface area contributed by atoms with Crippen LogP contribution in [0.1, 0.15) is 24.0 Å². The molecule has 0 saturated carbocycles. The Hall–Kier alpha value is -1.67. The highest BCUT2D eigenvalue weighted by Gasteiger charge is 2.25. The van der Waals surface area contributed by atoms with Gasteiger partial charge in [0.15, 0.2) is 0 Å². The number of hydrogen-bond donors (Lipinski definition) is 0. The van der Waals surface area contributed by atoms with Crippen LogP contribution in [0.15, 0.2) is 54.6 Å². The maximum Gasteiger partial charge on any atom is 0.127 e. The predicted octanol–water partition coefficient (Wildman–Crippen LogP) is 4.03. The van der Waals surface area contributed by atoms with Crippen molar-refractivity contribution in [3.8, 4) is 0 Å². The number of halogens is 1. The van der Waals surface area contributed by atoms with Gasteiger partial charge in [0.1, 0.15) is 5.82 Å². The molecule has 20 heavy (non-hydrogen) atoms. The van der Waals surface area contributed by atoms with E-state index in [2.05, 4.69) is 35.2 Å². The molecular formula is C18H20FN. The van der Waals surface area contributed by atoms with E-state index >= 15 is 0 Å². The third kappa shape index (κ3) is 3.07. The third-order valence-corrected chi connectivity index (χ3v) is 4.14. The van der Waals surface area contributed by atoms with E-state index in [1.54, 1.807) is 12.1 Å². The van der Waals surface area contributed by atoms with Crippen LogP contribution in [-0.2, 0) is 13.0 Å². The zero-order chi connectivity index (χ0) is 13.8. The van der Waals surface area contributed by atoms with Crippen LogP contribution in [0.25, 0.3) is 0 Å². The second-order valence-electron chi connectivity index (χ2n) is 5.55. The summed E-state index contributed by atoms with van der Waals surface area (Å²) < 4.78 is 13.8. The lowest BCUT2D eigenvalue weighted by atomic mass is 10.0. The SMILES string of the molecule is Fc1ccccc1CN1CCC[C@@H]1Cc1ccccc1. The first-order valence-electron chi connectivity index (χ1n) is 7.34. The Labute approximate surface area is 120 Å². The largest absolute Gasteiger partial charge is 0.296 e. The number of likely N-dealkylation sites (tertiary alicyclic amines) is 1. The van der Waals surface area contributed by atoms with E-state index in [4.69, 9.17) is 0 Å². The van der Waals surface area contributed by atoms with Crippen molar-refractivity contribution in [1.82, 2.24) is 4.90 Å². The molecule has 1 aliphatic heterocycles. The molecular weight excluding hydrogens is 249 g/mol. The van der Waals surface area contributed by atoms with Crippen LogP contribution in [0.4, 0.5) is 4.39 Å². The van der Waals surface area contributed by atoms with Crippen molar-refractivity contribution in [2.75, 3.05) is 6.54 Å². The normalized spacial score (nSPS) is 19.4. The Kier molecular flexibility index (Phi) is 4.12. The maximum atomic E-state index is 13.8. The van der Waals surface area contributed by atoms with Crippen LogP contribution in [0.5, 0.6) is 0 Å². The van der Waals surface area contributed by atoms with Crippen molar-refractivity contribution < 1.29 is 4.39 Å². The minimum Gasteiger partial charge on any atom is -0.296 e. The highest BCUT2D eigenvalue weighted by atomic mass is 19.1. The first kappa shape index (κ1) is 13.3. The molecule has 1 aliphatic rings. The first-order valence-corrected chi connectivity index (χ1v) is 7.34. The molecule has 2 heteroatoms. The van der Waals surface area contributed by atoms with E-state index in [1.807, 2.05) is 12.1 Å². The summed E-state index contributed by atoms with van der Waals surface area (Å²) in [6.07, 6.45) is 3.49. The summed E-state index contributed by atoms with van der Waals surface area (Å²) in [5.74, 6) is -0.0853. The Morgan fingerprint density at radius 2 is 1.75 bits per heavy atom. The minimum absolute atomic E-state index is 0.0853. The lowest BCUT2D eigenvalue weighted by Crippen LogP contribution is -2.30. The minimum atomic E-state index is -0.0853. The Bertz CT molecular complexity index is 552. The van der Waals surface area contributed by atoms with E-state index in [1.165, 1.54) is 18.4 Å². The molecule has 0 bridgehead atoms. The fraction of sp³-hybridized carbons (Fsp3) is 0.333.